The first-order valence-corrected chi connectivity index (χ1v) is 4.75. The number of alkyl halides is 3. The monoisotopic (exact) mass is 229 g/mol. The van der Waals surface area contributed by atoms with Gasteiger partial charge < -0.3 is 9.67 Å². The number of aromatic nitrogens is 1. The summed E-state index contributed by atoms with van der Waals surface area (Å²) in [6.45, 7) is -1.10. The molecule has 0 aliphatic heterocycles. The summed E-state index contributed by atoms with van der Waals surface area (Å²) >= 11 is 0. The third kappa shape index (κ3) is 2.19. The highest BCUT2D eigenvalue weighted by molar-refractivity contribution is 5.80. The van der Waals surface area contributed by atoms with E-state index in [0.29, 0.717) is 16.5 Å². The summed E-state index contributed by atoms with van der Waals surface area (Å²) in [7, 11) is 0. The fourth-order valence-electron chi connectivity index (χ4n) is 1.68. The largest absolute Gasteiger partial charge is 0.406 e. The molecule has 0 atom stereocenters. The van der Waals surface area contributed by atoms with Crippen LogP contribution in [0.2, 0.25) is 0 Å². The average molecular weight is 229 g/mol. The van der Waals surface area contributed by atoms with E-state index < -0.39 is 12.7 Å². The smallest absolute Gasteiger partial charge is 0.392 e. The molecule has 1 N–H and O–H groups in total. The molecule has 0 aliphatic rings. The molecule has 1 heterocycles. The molecule has 0 unspecified atom stereocenters. The molecule has 5 heteroatoms. The maximum Gasteiger partial charge on any atom is 0.406 e. The lowest BCUT2D eigenvalue weighted by molar-refractivity contribution is -0.139. The molecule has 0 saturated carbocycles. The van der Waals surface area contributed by atoms with E-state index in [0.717, 1.165) is 4.57 Å². The van der Waals surface area contributed by atoms with Crippen molar-refractivity contribution in [1.29, 1.82) is 0 Å². The number of fused-ring (bicyclic) bond motifs is 1. The molecule has 1 aromatic carbocycles. The first kappa shape index (κ1) is 11.0. The first-order valence-electron chi connectivity index (χ1n) is 4.75. The number of nitrogens with zero attached hydrogens (tertiary/aromatic N) is 1. The van der Waals surface area contributed by atoms with Crippen molar-refractivity contribution in [3.8, 4) is 0 Å². The topological polar surface area (TPSA) is 25.2 Å². The summed E-state index contributed by atoms with van der Waals surface area (Å²) < 4.78 is 37.8. The third-order valence-corrected chi connectivity index (χ3v) is 2.37. The highest BCUT2D eigenvalue weighted by atomic mass is 19.4. The molecule has 1 aromatic heterocycles. The second kappa shape index (κ2) is 3.83. The van der Waals surface area contributed by atoms with Crippen LogP contribution in [0.3, 0.4) is 0 Å². The summed E-state index contributed by atoms with van der Waals surface area (Å²) in [5.41, 5.74) is 1.21. The molecular weight excluding hydrogens is 219 g/mol. The number of hydrogen-bond donors (Lipinski definition) is 1. The minimum atomic E-state index is -4.22. The molecule has 2 nitrogen and oxygen atoms in total. The van der Waals surface area contributed by atoms with Crippen LogP contribution in [-0.4, -0.2) is 15.8 Å². The van der Waals surface area contributed by atoms with Crippen molar-refractivity contribution >= 4 is 10.9 Å². The molecule has 0 saturated heterocycles. The predicted molar refractivity (Wildman–Crippen MR) is 53.9 cm³/mol. The van der Waals surface area contributed by atoms with Crippen LogP contribution in [0, 0.1) is 0 Å². The molecule has 0 amide bonds. The summed E-state index contributed by atoms with van der Waals surface area (Å²) in [6.07, 6.45) is -2.82. The molecular formula is C11H10F3NO. The molecule has 2 aromatic rings. The third-order valence-electron chi connectivity index (χ3n) is 2.37. The van der Waals surface area contributed by atoms with E-state index in [1.54, 1.807) is 24.3 Å². The summed E-state index contributed by atoms with van der Waals surface area (Å²) in [4.78, 5) is 0. The number of hydrogen-bond acceptors (Lipinski definition) is 1. The van der Waals surface area contributed by atoms with Gasteiger partial charge in [-0.15, -0.1) is 0 Å². The Morgan fingerprint density at radius 1 is 1.19 bits per heavy atom. The van der Waals surface area contributed by atoms with Gasteiger partial charge in [0.1, 0.15) is 6.54 Å². The lowest BCUT2D eigenvalue weighted by Crippen LogP contribution is -2.16. The van der Waals surface area contributed by atoms with Crippen molar-refractivity contribution in [1.82, 2.24) is 4.57 Å². The number of halogens is 3. The zero-order chi connectivity index (χ0) is 11.8. The zero-order valence-electron chi connectivity index (χ0n) is 8.33. The average Bonchev–Trinajstić information content (AvgIpc) is 2.58. The van der Waals surface area contributed by atoms with Crippen molar-refractivity contribution in [3.05, 3.63) is 36.0 Å². The summed E-state index contributed by atoms with van der Waals surface area (Å²) in [6, 6.07) is 6.50. The van der Waals surface area contributed by atoms with Gasteiger partial charge in [0, 0.05) is 11.7 Å². The van der Waals surface area contributed by atoms with Crippen molar-refractivity contribution in [2.24, 2.45) is 0 Å². The second-order valence-corrected chi connectivity index (χ2v) is 3.61. The Morgan fingerprint density at radius 3 is 2.56 bits per heavy atom. The van der Waals surface area contributed by atoms with Crippen molar-refractivity contribution < 1.29 is 18.3 Å². The van der Waals surface area contributed by atoms with Gasteiger partial charge in [-0.2, -0.15) is 13.2 Å². The maximum absolute atomic E-state index is 12.2. The van der Waals surface area contributed by atoms with E-state index in [-0.39, 0.29) is 6.61 Å². The zero-order valence-corrected chi connectivity index (χ0v) is 8.33. The molecule has 0 bridgehead atoms. The molecule has 2 rings (SSSR count). The number of aliphatic hydroxyl groups excluding tert-OH is 1. The molecule has 0 radical (unpaired) electrons. The summed E-state index contributed by atoms with van der Waals surface area (Å²) in [5.74, 6) is 0. The fourth-order valence-corrected chi connectivity index (χ4v) is 1.68. The van der Waals surface area contributed by atoms with Crippen LogP contribution in [0.15, 0.2) is 30.5 Å². The fraction of sp³-hybridized carbons (Fsp3) is 0.273. The Kier molecular flexibility index (Phi) is 2.63. The van der Waals surface area contributed by atoms with Gasteiger partial charge in [-0.3, -0.25) is 0 Å². The molecule has 0 aliphatic carbocycles. The Morgan fingerprint density at radius 2 is 1.94 bits per heavy atom. The highest BCUT2D eigenvalue weighted by Crippen LogP contribution is 2.23. The Hall–Kier alpha value is -1.49. The van der Waals surface area contributed by atoms with E-state index in [1.807, 2.05) is 0 Å². The normalized spacial score (nSPS) is 12.2. The van der Waals surface area contributed by atoms with E-state index in [9.17, 15) is 13.2 Å². The molecule has 16 heavy (non-hydrogen) atoms. The van der Waals surface area contributed by atoms with Gasteiger partial charge in [-0.25, -0.2) is 0 Å². The molecule has 0 fully saturated rings. The number of aliphatic hydroxyl groups is 1. The number of benzene rings is 1. The second-order valence-electron chi connectivity index (χ2n) is 3.61. The van der Waals surface area contributed by atoms with Crippen LogP contribution in [0.5, 0.6) is 0 Å². The van der Waals surface area contributed by atoms with Crippen molar-refractivity contribution in [3.63, 3.8) is 0 Å². The van der Waals surface area contributed by atoms with Crippen molar-refractivity contribution in [2.75, 3.05) is 0 Å². The van der Waals surface area contributed by atoms with Crippen LogP contribution in [-0.2, 0) is 13.2 Å². The van der Waals surface area contributed by atoms with E-state index in [4.69, 9.17) is 5.11 Å². The maximum atomic E-state index is 12.2. The standard InChI is InChI=1S/C11H10F3NO/c12-11(13,14)7-15-4-3-9-5-8(6-16)1-2-10(9)15/h1-5,16H,6-7H2. The van der Waals surface area contributed by atoms with Gasteiger partial charge >= 0.3 is 6.18 Å². The van der Waals surface area contributed by atoms with Crippen LogP contribution in [0.25, 0.3) is 10.9 Å². The van der Waals surface area contributed by atoms with Gasteiger partial charge in [0.05, 0.1) is 6.61 Å². The minimum Gasteiger partial charge on any atom is -0.392 e. The van der Waals surface area contributed by atoms with Gasteiger partial charge in [0.2, 0.25) is 0 Å². The van der Waals surface area contributed by atoms with Gasteiger partial charge in [0.15, 0.2) is 0 Å². The molecule has 0 spiro atoms. The number of rotatable bonds is 2. The van der Waals surface area contributed by atoms with Crippen LogP contribution in [0.1, 0.15) is 5.56 Å². The highest BCUT2D eigenvalue weighted by Gasteiger charge is 2.28. The van der Waals surface area contributed by atoms with E-state index in [1.165, 1.54) is 6.20 Å². The lowest BCUT2D eigenvalue weighted by Gasteiger charge is -2.09. The Bertz CT molecular complexity index is 501. The Balaban J connectivity index is 2.42. The minimum absolute atomic E-state index is 0.111. The van der Waals surface area contributed by atoms with Gasteiger partial charge in [-0.1, -0.05) is 6.07 Å². The van der Waals surface area contributed by atoms with Crippen LogP contribution < -0.4 is 0 Å². The SMILES string of the molecule is OCc1ccc2c(ccn2CC(F)(F)F)c1. The first-order chi connectivity index (χ1) is 7.49. The predicted octanol–water partition coefficient (Wildman–Crippen LogP) is 2.70. The van der Waals surface area contributed by atoms with Crippen LogP contribution in [0.4, 0.5) is 13.2 Å². The lowest BCUT2D eigenvalue weighted by atomic mass is 10.2. The quantitative estimate of drug-likeness (QED) is 0.841. The Labute approximate surface area is 89.9 Å². The van der Waals surface area contributed by atoms with E-state index >= 15 is 0 Å². The van der Waals surface area contributed by atoms with Gasteiger partial charge in [0.25, 0.3) is 0 Å². The summed E-state index contributed by atoms with van der Waals surface area (Å²) in [5, 5.41) is 9.61. The molecule has 86 valence electrons. The van der Waals surface area contributed by atoms with E-state index in [2.05, 4.69) is 0 Å². The van der Waals surface area contributed by atoms with Crippen LogP contribution >= 0.6 is 0 Å². The van der Waals surface area contributed by atoms with Crippen molar-refractivity contribution in [2.45, 2.75) is 19.3 Å². The van der Waals surface area contributed by atoms with Gasteiger partial charge in [-0.05, 0) is 29.1 Å².